The van der Waals surface area contributed by atoms with Gasteiger partial charge in [-0.05, 0) is 37.3 Å². The van der Waals surface area contributed by atoms with Crippen molar-refractivity contribution in [2.45, 2.75) is 19.8 Å². The molecule has 0 unspecified atom stereocenters. The minimum Gasteiger partial charge on any atom is -0.496 e. The molecule has 0 aliphatic heterocycles. The first-order chi connectivity index (χ1) is 9.71. The quantitative estimate of drug-likeness (QED) is 0.742. The van der Waals surface area contributed by atoms with Crippen molar-refractivity contribution < 1.29 is 14.3 Å². The van der Waals surface area contributed by atoms with Crippen LogP contribution in [-0.4, -0.2) is 26.4 Å². The summed E-state index contributed by atoms with van der Waals surface area (Å²) < 4.78 is 10.2. The molecule has 0 heterocycles. The van der Waals surface area contributed by atoms with Crippen molar-refractivity contribution in [3.05, 3.63) is 42.5 Å². The summed E-state index contributed by atoms with van der Waals surface area (Å²) in [6.07, 6.45) is 3.14. The Balaban J connectivity index is 2.62. The second kappa shape index (κ2) is 9.02. The molecular formula is C16H23NO3. The second-order valence-electron chi connectivity index (χ2n) is 4.51. The highest BCUT2D eigenvalue weighted by Gasteiger charge is 2.13. The Hall–Kier alpha value is -1.97. The third kappa shape index (κ3) is 5.34. The molecule has 0 aliphatic carbocycles. The van der Waals surface area contributed by atoms with Gasteiger partial charge in [0.15, 0.2) is 0 Å². The van der Waals surface area contributed by atoms with Crippen molar-refractivity contribution in [2.75, 3.05) is 20.3 Å². The number of carbonyl (C=O) groups excluding carboxylic acids is 1. The van der Waals surface area contributed by atoms with Crippen molar-refractivity contribution >= 4 is 6.09 Å². The first kappa shape index (κ1) is 16.1. The van der Waals surface area contributed by atoms with E-state index in [1.54, 1.807) is 14.0 Å². The van der Waals surface area contributed by atoms with Gasteiger partial charge in [-0.1, -0.05) is 24.3 Å². The maximum Gasteiger partial charge on any atom is 0.407 e. The fourth-order valence-electron chi connectivity index (χ4n) is 2.07. The van der Waals surface area contributed by atoms with E-state index in [0.717, 1.165) is 24.2 Å². The third-order valence-electron chi connectivity index (χ3n) is 3.01. The summed E-state index contributed by atoms with van der Waals surface area (Å²) in [5.41, 5.74) is 1.13. The maximum atomic E-state index is 11.3. The molecule has 0 saturated heterocycles. The van der Waals surface area contributed by atoms with Crippen molar-refractivity contribution in [2.24, 2.45) is 5.92 Å². The van der Waals surface area contributed by atoms with Crippen LogP contribution in [0.4, 0.5) is 4.79 Å². The number of allylic oxidation sites excluding steroid dienone is 1. The molecule has 110 valence electrons. The summed E-state index contributed by atoms with van der Waals surface area (Å²) in [6, 6.07) is 7.92. The molecule has 1 amide bonds. The molecule has 0 aliphatic rings. The molecule has 1 aromatic carbocycles. The average molecular weight is 277 g/mol. The SMILES string of the molecule is C=CC[C@@H](CNC(=O)OCC)Cc1ccccc1OC. The maximum absolute atomic E-state index is 11.3. The van der Waals surface area contributed by atoms with Crippen molar-refractivity contribution in [1.82, 2.24) is 5.32 Å². The first-order valence-electron chi connectivity index (χ1n) is 6.84. The average Bonchev–Trinajstić information content (AvgIpc) is 2.46. The zero-order valence-electron chi connectivity index (χ0n) is 12.2. The van der Waals surface area contributed by atoms with Crippen LogP contribution in [0.5, 0.6) is 5.75 Å². The van der Waals surface area contributed by atoms with E-state index < -0.39 is 0 Å². The van der Waals surface area contributed by atoms with Gasteiger partial charge in [0.2, 0.25) is 0 Å². The zero-order valence-corrected chi connectivity index (χ0v) is 12.2. The van der Waals surface area contributed by atoms with Gasteiger partial charge in [-0.2, -0.15) is 0 Å². The number of alkyl carbamates (subject to hydrolysis) is 1. The Kier molecular flexibility index (Phi) is 7.25. The van der Waals surface area contributed by atoms with E-state index in [9.17, 15) is 4.79 Å². The number of rotatable bonds is 8. The highest BCUT2D eigenvalue weighted by molar-refractivity contribution is 5.67. The number of amides is 1. The molecule has 1 aromatic rings. The number of nitrogens with one attached hydrogen (secondary N) is 1. The molecule has 0 spiro atoms. The molecule has 20 heavy (non-hydrogen) atoms. The van der Waals surface area contributed by atoms with Crippen LogP contribution in [0.1, 0.15) is 18.9 Å². The van der Waals surface area contributed by atoms with Gasteiger partial charge in [0, 0.05) is 6.54 Å². The monoisotopic (exact) mass is 277 g/mol. The lowest BCUT2D eigenvalue weighted by atomic mass is 9.95. The lowest BCUT2D eigenvalue weighted by Gasteiger charge is -2.17. The fourth-order valence-corrected chi connectivity index (χ4v) is 2.07. The van der Waals surface area contributed by atoms with Crippen LogP contribution in [0.3, 0.4) is 0 Å². The second-order valence-corrected chi connectivity index (χ2v) is 4.51. The third-order valence-corrected chi connectivity index (χ3v) is 3.01. The van der Waals surface area contributed by atoms with E-state index in [1.807, 2.05) is 30.3 Å². The number of para-hydroxylation sites is 1. The number of methoxy groups -OCH3 is 1. The van der Waals surface area contributed by atoms with E-state index in [0.29, 0.717) is 13.2 Å². The standard InChI is InChI=1S/C16H23NO3/c1-4-8-13(12-17-16(18)20-5-2)11-14-9-6-7-10-15(14)19-3/h4,6-7,9-10,13H,1,5,8,11-12H2,2-3H3,(H,17,18)/t13-/m1/s1. The Morgan fingerprint density at radius 3 is 2.85 bits per heavy atom. The van der Waals surface area contributed by atoms with Gasteiger partial charge in [0.25, 0.3) is 0 Å². The summed E-state index contributed by atoms with van der Waals surface area (Å²) >= 11 is 0. The lowest BCUT2D eigenvalue weighted by Crippen LogP contribution is -2.30. The Morgan fingerprint density at radius 2 is 2.20 bits per heavy atom. The molecule has 0 bridgehead atoms. The molecule has 1 rings (SSSR count). The highest BCUT2D eigenvalue weighted by atomic mass is 16.5. The highest BCUT2D eigenvalue weighted by Crippen LogP contribution is 2.22. The Bertz CT molecular complexity index is 431. The number of hydrogen-bond acceptors (Lipinski definition) is 3. The zero-order chi connectivity index (χ0) is 14.8. The molecule has 4 heteroatoms. The van der Waals surface area contributed by atoms with Crippen LogP contribution in [0.2, 0.25) is 0 Å². The van der Waals surface area contributed by atoms with Crippen LogP contribution in [-0.2, 0) is 11.2 Å². The van der Waals surface area contributed by atoms with E-state index in [-0.39, 0.29) is 12.0 Å². The van der Waals surface area contributed by atoms with Gasteiger partial charge in [-0.25, -0.2) is 4.79 Å². The fraction of sp³-hybridized carbons (Fsp3) is 0.438. The molecule has 0 aromatic heterocycles. The van der Waals surface area contributed by atoms with E-state index >= 15 is 0 Å². The van der Waals surface area contributed by atoms with Crippen molar-refractivity contribution in [3.8, 4) is 5.75 Å². The molecule has 1 N–H and O–H groups in total. The number of hydrogen-bond donors (Lipinski definition) is 1. The molecule has 0 radical (unpaired) electrons. The summed E-state index contributed by atoms with van der Waals surface area (Å²) in [5.74, 6) is 1.14. The Morgan fingerprint density at radius 1 is 1.45 bits per heavy atom. The van der Waals surface area contributed by atoms with Gasteiger partial charge in [-0.15, -0.1) is 6.58 Å². The number of carbonyl (C=O) groups is 1. The predicted octanol–water partition coefficient (Wildman–Crippen LogP) is 3.18. The lowest BCUT2D eigenvalue weighted by molar-refractivity contribution is 0.150. The first-order valence-corrected chi connectivity index (χ1v) is 6.84. The topological polar surface area (TPSA) is 47.6 Å². The van der Waals surface area contributed by atoms with E-state index in [4.69, 9.17) is 9.47 Å². The van der Waals surface area contributed by atoms with Crippen molar-refractivity contribution in [3.63, 3.8) is 0 Å². The van der Waals surface area contributed by atoms with Crippen molar-refractivity contribution in [1.29, 1.82) is 0 Å². The number of benzene rings is 1. The van der Waals surface area contributed by atoms with Gasteiger partial charge < -0.3 is 14.8 Å². The van der Waals surface area contributed by atoms with Crippen LogP contribution >= 0.6 is 0 Å². The van der Waals surface area contributed by atoms with Crippen LogP contribution in [0.25, 0.3) is 0 Å². The molecule has 0 saturated carbocycles. The van der Waals surface area contributed by atoms with Gasteiger partial charge in [-0.3, -0.25) is 0 Å². The smallest absolute Gasteiger partial charge is 0.407 e. The summed E-state index contributed by atoms with van der Waals surface area (Å²) in [6.45, 7) is 6.50. The predicted molar refractivity (Wildman–Crippen MR) is 80.0 cm³/mol. The largest absolute Gasteiger partial charge is 0.496 e. The number of ether oxygens (including phenoxy) is 2. The molecule has 4 nitrogen and oxygen atoms in total. The summed E-state index contributed by atoms with van der Waals surface area (Å²) in [7, 11) is 1.66. The summed E-state index contributed by atoms with van der Waals surface area (Å²) in [5, 5.41) is 2.78. The van der Waals surface area contributed by atoms with E-state index in [2.05, 4.69) is 11.9 Å². The Labute approximate surface area is 120 Å². The van der Waals surface area contributed by atoms with Crippen LogP contribution < -0.4 is 10.1 Å². The minimum absolute atomic E-state index is 0.271. The van der Waals surface area contributed by atoms with Gasteiger partial charge >= 0.3 is 6.09 Å². The van der Waals surface area contributed by atoms with E-state index in [1.165, 1.54) is 0 Å². The normalized spacial score (nSPS) is 11.5. The van der Waals surface area contributed by atoms with Gasteiger partial charge in [0.1, 0.15) is 5.75 Å². The molecular weight excluding hydrogens is 254 g/mol. The minimum atomic E-state index is -0.374. The molecule has 1 atom stereocenters. The molecule has 0 fully saturated rings. The van der Waals surface area contributed by atoms with Crippen LogP contribution in [0.15, 0.2) is 36.9 Å². The van der Waals surface area contributed by atoms with Crippen LogP contribution in [0, 0.1) is 5.92 Å². The summed E-state index contributed by atoms with van der Waals surface area (Å²) in [4.78, 5) is 11.3. The van der Waals surface area contributed by atoms with Gasteiger partial charge in [0.05, 0.1) is 13.7 Å².